The monoisotopic (exact) mass is 439 g/mol. The Bertz CT molecular complexity index is 1180. The molecule has 0 unspecified atom stereocenters. The molecule has 9 nitrogen and oxygen atoms in total. The molecule has 0 radical (unpaired) electrons. The summed E-state index contributed by atoms with van der Waals surface area (Å²) < 4.78 is 18.1. The van der Waals surface area contributed by atoms with Crippen LogP contribution < -0.4 is 19.5 Å². The number of carbonyl (C=O) groups is 1. The van der Waals surface area contributed by atoms with Crippen LogP contribution in [-0.2, 0) is 11.2 Å². The minimum Gasteiger partial charge on any atom is -0.497 e. The van der Waals surface area contributed by atoms with Crippen molar-refractivity contribution >= 4 is 22.9 Å². The average Bonchev–Trinajstić information content (AvgIpc) is 3.45. The van der Waals surface area contributed by atoms with Crippen LogP contribution in [0.1, 0.15) is 4.88 Å². The van der Waals surface area contributed by atoms with Gasteiger partial charge in [-0.2, -0.15) is 4.52 Å². The Morgan fingerprint density at radius 1 is 1.13 bits per heavy atom. The van der Waals surface area contributed by atoms with Crippen molar-refractivity contribution < 1.29 is 19.0 Å². The molecule has 1 aromatic carbocycles. The van der Waals surface area contributed by atoms with Crippen molar-refractivity contribution in [2.75, 3.05) is 27.4 Å². The Balaban J connectivity index is 1.44. The molecule has 31 heavy (non-hydrogen) atoms. The van der Waals surface area contributed by atoms with Gasteiger partial charge in [-0.1, -0.05) is 6.07 Å². The summed E-state index contributed by atoms with van der Waals surface area (Å²) in [6.07, 6.45) is 0.369. The Morgan fingerprint density at radius 3 is 2.81 bits per heavy atom. The van der Waals surface area contributed by atoms with E-state index in [4.69, 9.17) is 14.2 Å². The fourth-order valence-corrected chi connectivity index (χ4v) is 3.69. The van der Waals surface area contributed by atoms with E-state index in [-0.39, 0.29) is 12.5 Å². The molecule has 1 amide bonds. The van der Waals surface area contributed by atoms with Gasteiger partial charge in [-0.05, 0) is 35.7 Å². The third-order valence-electron chi connectivity index (χ3n) is 4.47. The third kappa shape index (κ3) is 4.75. The van der Waals surface area contributed by atoms with E-state index in [9.17, 15) is 4.79 Å². The molecule has 0 aliphatic heterocycles. The molecule has 0 aliphatic rings. The van der Waals surface area contributed by atoms with Gasteiger partial charge >= 0.3 is 0 Å². The van der Waals surface area contributed by atoms with E-state index in [1.807, 2.05) is 23.6 Å². The maximum Gasteiger partial charge on any atom is 0.231 e. The standard InChI is InChI=1S/C21H21N5O4S/c1-28-14-5-6-17(29-2)16(12-14)21-24-23-18-7-8-20(25-26(18)21)30-10-9-22-19(27)13-15-4-3-11-31-15/h3-8,11-12H,9-10,13H2,1-2H3,(H,22,27). The molecule has 4 rings (SSSR count). The molecule has 0 fully saturated rings. The lowest BCUT2D eigenvalue weighted by molar-refractivity contribution is -0.120. The van der Waals surface area contributed by atoms with Crippen LogP contribution in [0.4, 0.5) is 0 Å². The number of methoxy groups -OCH3 is 2. The zero-order valence-electron chi connectivity index (χ0n) is 17.1. The molecule has 3 aromatic heterocycles. The summed E-state index contributed by atoms with van der Waals surface area (Å²) in [4.78, 5) is 13.0. The highest BCUT2D eigenvalue weighted by atomic mass is 32.1. The number of fused-ring (bicyclic) bond motifs is 1. The normalized spacial score (nSPS) is 10.8. The highest BCUT2D eigenvalue weighted by Crippen LogP contribution is 2.32. The summed E-state index contributed by atoms with van der Waals surface area (Å²) in [5, 5.41) is 17.7. The van der Waals surface area contributed by atoms with Gasteiger partial charge in [0.05, 0.1) is 32.7 Å². The third-order valence-corrected chi connectivity index (χ3v) is 5.35. The van der Waals surface area contributed by atoms with E-state index in [0.29, 0.717) is 47.4 Å². The second kappa shape index (κ2) is 9.43. The van der Waals surface area contributed by atoms with Crippen molar-refractivity contribution in [3.8, 4) is 28.8 Å². The predicted octanol–water partition coefficient (Wildman–Crippen LogP) is 2.61. The van der Waals surface area contributed by atoms with E-state index in [1.54, 1.807) is 54.3 Å². The number of rotatable bonds is 9. The molecular weight excluding hydrogens is 418 g/mol. The second-order valence-corrected chi connectivity index (χ2v) is 7.52. The highest BCUT2D eigenvalue weighted by Gasteiger charge is 2.16. The maximum atomic E-state index is 12.0. The molecule has 10 heteroatoms. The van der Waals surface area contributed by atoms with Crippen LogP contribution in [0.5, 0.6) is 17.4 Å². The fourth-order valence-electron chi connectivity index (χ4n) is 2.99. The largest absolute Gasteiger partial charge is 0.497 e. The van der Waals surface area contributed by atoms with Crippen molar-refractivity contribution in [2.24, 2.45) is 0 Å². The topological polar surface area (TPSA) is 99.9 Å². The molecule has 0 saturated carbocycles. The van der Waals surface area contributed by atoms with E-state index in [2.05, 4.69) is 20.6 Å². The lowest BCUT2D eigenvalue weighted by Gasteiger charge is -2.10. The van der Waals surface area contributed by atoms with E-state index >= 15 is 0 Å². The first kappa shape index (κ1) is 20.6. The number of hydrogen-bond acceptors (Lipinski definition) is 8. The molecule has 0 spiro atoms. The van der Waals surface area contributed by atoms with Gasteiger partial charge in [-0.25, -0.2) is 0 Å². The molecule has 160 valence electrons. The Hall–Kier alpha value is -3.66. The zero-order valence-corrected chi connectivity index (χ0v) is 17.9. The number of nitrogens with zero attached hydrogens (tertiary/aromatic N) is 4. The van der Waals surface area contributed by atoms with Crippen molar-refractivity contribution in [1.82, 2.24) is 25.1 Å². The SMILES string of the molecule is COc1ccc(OC)c(-c2nnc3ccc(OCCNC(=O)Cc4cccs4)nn23)c1. The van der Waals surface area contributed by atoms with Gasteiger partial charge in [0.1, 0.15) is 18.1 Å². The van der Waals surface area contributed by atoms with Gasteiger partial charge in [0.25, 0.3) is 0 Å². The summed E-state index contributed by atoms with van der Waals surface area (Å²) in [5.41, 5.74) is 1.26. The van der Waals surface area contributed by atoms with Gasteiger partial charge in [-0.3, -0.25) is 4.79 Å². The van der Waals surface area contributed by atoms with Crippen LogP contribution in [0, 0.1) is 0 Å². The van der Waals surface area contributed by atoms with Crippen molar-refractivity contribution in [1.29, 1.82) is 0 Å². The molecule has 4 aromatic rings. The van der Waals surface area contributed by atoms with E-state index < -0.39 is 0 Å². The van der Waals surface area contributed by atoms with Gasteiger partial charge in [0, 0.05) is 10.9 Å². The first-order valence-electron chi connectivity index (χ1n) is 9.54. The number of amides is 1. The summed E-state index contributed by atoms with van der Waals surface area (Å²) in [6.45, 7) is 0.664. The average molecular weight is 439 g/mol. The number of benzene rings is 1. The minimum absolute atomic E-state index is 0.0410. The van der Waals surface area contributed by atoms with Crippen LogP contribution in [0.25, 0.3) is 17.0 Å². The summed E-state index contributed by atoms with van der Waals surface area (Å²) >= 11 is 1.56. The molecule has 3 heterocycles. The van der Waals surface area contributed by atoms with Crippen molar-refractivity contribution in [2.45, 2.75) is 6.42 Å². The molecule has 1 N–H and O–H groups in total. The molecule has 0 saturated heterocycles. The van der Waals surface area contributed by atoms with Crippen LogP contribution >= 0.6 is 11.3 Å². The predicted molar refractivity (Wildman–Crippen MR) is 116 cm³/mol. The van der Waals surface area contributed by atoms with E-state index in [0.717, 1.165) is 4.88 Å². The lowest BCUT2D eigenvalue weighted by Crippen LogP contribution is -2.29. The van der Waals surface area contributed by atoms with Gasteiger partial charge in [0.15, 0.2) is 11.5 Å². The number of hydrogen-bond donors (Lipinski definition) is 1. The van der Waals surface area contributed by atoms with Gasteiger partial charge in [-0.15, -0.1) is 26.6 Å². The van der Waals surface area contributed by atoms with Crippen LogP contribution in [-0.4, -0.2) is 53.1 Å². The molecule has 0 bridgehead atoms. The van der Waals surface area contributed by atoms with Crippen LogP contribution in [0.3, 0.4) is 0 Å². The van der Waals surface area contributed by atoms with Gasteiger partial charge < -0.3 is 19.5 Å². The first-order chi connectivity index (χ1) is 15.2. The molecular formula is C21H21N5O4S. The highest BCUT2D eigenvalue weighted by molar-refractivity contribution is 7.10. The Morgan fingerprint density at radius 2 is 2.03 bits per heavy atom. The van der Waals surface area contributed by atoms with Crippen LogP contribution in [0.2, 0.25) is 0 Å². The quantitative estimate of drug-likeness (QED) is 0.400. The number of nitrogens with one attached hydrogen (secondary N) is 1. The summed E-state index contributed by atoms with van der Waals surface area (Å²) in [7, 11) is 3.18. The Labute approximate surface area is 182 Å². The second-order valence-electron chi connectivity index (χ2n) is 6.49. The Kier molecular flexibility index (Phi) is 6.27. The number of ether oxygens (including phenoxy) is 3. The number of carbonyl (C=O) groups excluding carboxylic acids is 1. The first-order valence-corrected chi connectivity index (χ1v) is 10.4. The molecule has 0 aliphatic carbocycles. The zero-order chi connectivity index (χ0) is 21.6. The van der Waals surface area contributed by atoms with Gasteiger partial charge in [0.2, 0.25) is 11.8 Å². The summed E-state index contributed by atoms with van der Waals surface area (Å²) in [6, 6.07) is 12.8. The lowest BCUT2D eigenvalue weighted by atomic mass is 10.2. The number of aromatic nitrogens is 4. The number of thiophene rings is 1. The maximum absolute atomic E-state index is 12.0. The van der Waals surface area contributed by atoms with Crippen molar-refractivity contribution in [3.05, 3.63) is 52.7 Å². The van der Waals surface area contributed by atoms with E-state index in [1.165, 1.54) is 0 Å². The van der Waals surface area contributed by atoms with Crippen molar-refractivity contribution in [3.63, 3.8) is 0 Å². The smallest absolute Gasteiger partial charge is 0.231 e. The molecule has 0 atom stereocenters. The minimum atomic E-state index is -0.0410. The fraction of sp³-hybridized carbons (Fsp3) is 0.238. The van der Waals surface area contributed by atoms with Crippen LogP contribution in [0.15, 0.2) is 47.8 Å². The summed E-state index contributed by atoms with van der Waals surface area (Å²) in [5.74, 6) is 2.14.